The Kier molecular flexibility index (Phi) is 9.34. The lowest BCUT2D eigenvalue weighted by atomic mass is 10.2. The van der Waals surface area contributed by atoms with Crippen molar-refractivity contribution in [1.82, 2.24) is 5.32 Å². The molecular formula is C18H23IN4O4. The van der Waals surface area contributed by atoms with Gasteiger partial charge in [-0.2, -0.15) is 0 Å². The average Bonchev–Trinajstić information content (AvgIpc) is 2.66. The van der Waals surface area contributed by atoms with Gasteiger partial charge >= 0.3 is 0 Å². The summed E-state index contributed by atoms with van der Waals surface area (Å²) in [6.07, 6.45) is 0. The predicted molar refractivity (Wildman–Crippen MR) is 116 cm³/mol. The third kappa shape index (κ3) is 6.27. The zero-order valence-corrected chi connectivity index (χ0v) is 17.7. The third-order valence-corrected chi connectivity index (χ3v) is 3.58. The minimum atomic E-state index is -0.398. The zero-order valence-electron chi connectivity index (χ0n) is 15.4. The molecule has 0 radical (unpaired) electrons. The second-order valence-electron chi connectivity index (χ2n) is 5.24. The minimum absolute atomic E-state index is 0. The molecule has 0 fully saturated rings. The van der Waals surface area contributed by atoms with Crippen LogP contribution >= 0.6 is 24.0 Å². The van der Waals surface area contributed by atoms with Gasteiger partial charge in [0.2, 0.25) is 0 Å². The normalized spacial score (nSPS) is 10.6. The van der Waals surface area contributed by atoms with Crippen LogP contribution in [0.5, 0.6) is 11.5 Å². The smallest absolute Gasteiger partial charge is 0.274 e. The van der Waals surface area contributed by atoms with E-state index in [1.807, 2.05) is 13.0 Å². The summed E-state index contributed by atoms with van der Waals surface area (Å²) in [5.74, 6) is 1.74. The largest absolute Gasteiger partial charge is 0.493 e. The molecule has 0 amide bonds. The van der Waals surface area contributed by atoms with Crippen LogP contribution in [-0.4, -0.2) is 31.6 Å². The van der Waals surface area contributed by atoms with E-state index in [0.29, 0.717) is 29.6 Å². The number of nitro benzene ring substituents is 1. The lowest BCUT2D eigenvalue weighted by Crippen LogP contribution is -2.30. The monoisotopic (exact) mass is 486 g/mol. The molecule has 2 aromatic carbocycles. The molecule has 9 heteroatoms. The Morgan fingerprint density at radius 1 is 1.22 bits per heavy atom. The molecule has 0 atom stereocenters. The number of nitrogens with zero attached hydrogens (tertiary/aromatic N) is 2. The highest BCUT2D eigenvalue weighted by atomic mass is 127. The van der Waals surface area contributed by atoms with Gasteiger partial charge in [0, 0.05) is 37.0 Å². The Morgan fingerprint density at radius 3 is 2.59 bits per heavy atom. The average molecular weight is 486 g/mol. The number of nitro groups is 1. The van der Waals surface area contributed by atoms with Gasteiger partial charge in [0.15, 0.2) is 17.5 Å². The molecule has 0 unspecified atom stereocenters. The van der Waals surface area contributed by atoms with E-state index in [4.69, 9.17) is 9.47 Å². The molecular weight excluding hydrogens is 463 g/mol. The van der Waals surface area contributed by atoms with E-state index < -0.39 is 4.92 Å². The molecule has 0 aliphatic carbocycles. The van der Waals surface area contributed by atoms with Crippen LogP contribution < -0.4 is 20.1 Å². The number of hydrogen-bond donors (Lipinski definition) is 2. The van der Waals surface area contributed by atoms with Crippen LogP contribution in [0.2, 0.25) is 0 Å². The zero-order chi connectivity index (χ0) is 18.9. The summed E-state index contributed by atoms with van der Waals surface area (Å²) in [7, 11) is 3.20. The lowest BCUT2D eigenvalue weighted by molar-refractivity contribution is -0.385. The first-order valence-electron chi connectivity index (χ1n) is 8.09. The summed E-state index contributed by atoms with van der Waals surface area (Å²) in [5.41, 5.74) is 1.39. The van der Waals surface area contributed by atoms with Crippen molar-refractivity contribution in [2.45, 2.75) is 13.5 Å². The van der Waals surface area contributed by atoms with Gasteiger partial charge in [0.1, 0.15) is 0 Å². The van der Waals surface area contributed by atoms with Crippen LogP contribution in [0.4, 0.5) is 11.4 Å². The third-order valence-electron chi connectivity index (χ3n) is 3.58. The van der Waals surface area contributed by atoms with E-state index in [1.165, 1.54) is 6.07 Å². The summed E-state index contributed by atoms with van der Waals surface area (Å²) < 4.78 is 10.8. The highest BCUT2D eigenvalue weighted by Gasteiger charge is 2.13. The van der Waals surface area contributed by atoms with Crippen LogP contribution in [0.1, 0.15) is 12.5 Å². The van der Waals surface area contributed by atoms with E-state index in [0.717, 1.165) is 5.69 Å². The Labute approximate surface area is 175 Å². The first kappa shape index (κ1) is 22.5. The minimum Gasteiger partial charge on any atom is -0.493 e. The van der Waals surface area contributed by atoms with Gasteiger partial charge in [-0.3, -0.25) is 15.1 Å². The number of rotatable bonds is 7. The maximum atomic E-state index is 11.1. The van der Waals surface area contributed by atoms with Crippen molar-refractivity contribution in [2.75, 3.05) is 26.1 Å². The van der Waals surface area contributed by atoms with Gasteiger partial charge in [-0.05, 0) is 19.1 Å². The molecule has 0 heterocycles. The highest BCUT2D eigenvalue weighted by molar-refractivity contribution is 14.0. The van der Waals surface area contributed by atoms with Crippen LogP contribution in [0.25, 0.3) is 0 Å². The van der Waals surface area contributed by atoms with E-state index in [-0.39, 0.29) is 36.2 Å². The summed E-state index contributed by atoms with van der Waals surface area (Å²) in [4.78, 5) is 14.8. The number of hydrogen-bond acceptors (Lipinski definition) is 5. The fourth-order valence-electron chi connectivity index (χ4n) is 2.35. The van der Waals surface area contributed by atoms with Gasteiger partial charge in [0.25, 0.3) is 5.69 Å². The van der Waals surface area contributed by atoms with Gasteiger partial charge in [-0.25, -0.2) is 0 Å². The van der Waals surface area contributed by atoms with E-state index >= 15 is 0 Å². The fourth-order valence-corrected chi connectivity index (χ4v) is 2.35. The van der Waals surface area contributed by atoms with Crippen LogP contribution in [0.15, 0.2) is 47.5 Å². The maximum absolute atomic E-state index is 11.1. The number of benzene rings is 2. The number of nitrogens with one attached hydrogen (secondary N) is 2. The first-order chi connectivity index (χ1) is 12.6. The van der Waals surface area contributed by atoms with E-state index in [2.05, 4.69) is 15.6 Å². The topological polar surface area (TPSA) is 98.0 Å². The molecule has 2 N–H and O–H groups in total. The molecule has 27 heavy (non-hydrogen) atoms. The molecule has 0 spiro atoms. The van der Waals surface area contributed by atoms with Crippen molar-refractivity contribution in [3.05, 3.63) is 58.1 Å². The van der Waals surface area contributed by atoms with Crippen LogP contribution in [0, 0.1) is 10.1 Å². The van der Waals surface area contributed by atoms with E-state index in [9.17, 15) is 10.1 Å². The quantitative estimate of drug-likeness (QED) is 0.203. The van der Waals surface area contributed by atoms with Crippen molar-refractivity contribution in [2.24, 2.45) is 4.99 Å². The molecule has 2 rings (SSSR count). The van der Waals surface area contributed by atoms with Crippen LogP contribution in [-0.2, 0) is 6.54 Å². The second-order valence-corrected chi connectivity index (χ2v) is 5.24. The Morgan fingerprint density at radius 2 is 1.96 bits per heavy atom. The lowest BCUT2D eigenvalue weighted by Gasteiger charge is -2.14. The second kappa shape index (κ2) is 11.2. The van der Waals surface area contributed by atoms with E-state index in [1.54, 1.807) is 44.5 Å². The Hall–Kier alpha value is -2.56. The number of methoxy groups -OCH3 is 1. The van der Waals surface area contributed by atoms with Crippen molar-refractivity contribution in [3.8, 4) is 11.5 Å². The van der Waals surface area contributed by atoms with Crippen molar-refractivity contribution in [1.29, 1.82) is 0 Å². The van der Waals surface area contributed by atoms with Crippen molar-refractivity contribution in [3.63, 3.8) is 0 Å². The fraction of sp³-hybridized carbons (Fsp3) is 0.278. The summed E-state index contributed by atoms with van der Waals surface area (Å²) in [6, 6.07) is 12.0. The van der Waals surface area contributed by atoms with Crippen molar-refractivity contribution >= 4 is 41.3 Å². The number of anilines is 1. The summed E-state index contributed by atoms with van der Waals surface area (Å²) in [5, 5.41) is 17.3. The number of guanidine groups is 1. The van der Waals surface area contributed by atoms with Gasteiger partial charge in [-0.1, -0.05) is 18.2 Å². The number of para-hydroxylation sites is 1. The van der Waals surface area contributed by atoms with Gasteiger partial charge in [0.05, 0.1) is 18.6 Å². The molecule has 0 aliphatic heterocycles. The summed E-state index contributed by atoms with van der Waals surface area (Å²) >= 11 is 0. The SMILES string of the molecule is CCOc1ccc(NC(=NC)NCc2ccccc2[N+](=O)[O-])cc1OC.I. The molecule has 0 aliphatic rings. The van der Waals surface area contributed by atoms with Gasteiger partial charge in [-0.15, -0.1) is 24.0 Å². The predicted octanol–water partition coefficient (Wildman–Crippen LogP) is 3.81. The Balaban J connectivity index is 0.00000364. The van der Waals surface area contributed by atoms with Crippen LogP contribution in [0.3, 0.4) is 0 Å². The first-order valence-corrected chi connectivity index (χ1v) is 8.09. The molecule has 0 bridgehead atoms. The number of aliphatic imine (C=N–C) groups is 1. The number of ether oxygens (including phenoxy) is 2. The summed E-state index contributed by atoms with van der Waals surface area (Å²) in [6.45, 7) is 2.72. The standard InChI is InChI=1S/C18H22N4O4.HI/c1-4-26-16-10-9-14(11-17(16)25-3)21-18(19-2)20-12-13-7-5-6-8-15(13)22(23)24;/h5-11H,4,12H2,1-3H3,(H2,19,20,21);1H. The molecule has 0 aromatic heterocycles. The molecule has 0 saturated heterocycles. The highest BCUT2D eigenvalue weighted by Crippen LogP contribution is 2.30. The Bertz CT molecular complexity index is 799. The maximum Gasteiger partial charge on any atom is 0.274 e. The van der Waals surface area contributed by atoms with Crippen molar-refractivity contribution < 1.29 is 14.4 Å². The molecule has 2 aromatic rings. The molecule has 0 saturated carbocycles. The number of halogens is 1. The van der Waals surface area contributed by atoms with Gasteiger partial charge < -0.3 is 20.1 Å². The molecule has 8 nitrogen and oxygen atoms in total. The molecule has 146 valence electrons.